The summed E-state index contributed by atoms with van der Waals surface area (Å²) < 4.78 is 0. The van der Waals surface area contributed by atoms with Crippen LogP contribution in [0.5, 0.6) is 0 Å². The lowest BCUT2D eigenvalue weighted by Crippen LogP contribution is -2.24. The van der Waals surface area contributed by atoms with Crippen LogP contribution in [0.1, 0.15) is 13.3 Å². The maximum absolute atomic E-state index is 8.49. The van der Waals surface area contributed by atoms with Gasteiger partial charge in [-0.1, -0.05) is 5.57 Å². The van der Waals surface area contributed by atoms with Crippen molar-refractivity contribution in [2.45, 2.75) is 19.4 Å². The van der Waals surface area contributed by atoms with Gasteiger partial charge in [0.05, 0.1) is 6.61 Å². The monoisotopic (exact) mass is 130 g/mol. The van der Waals surface area contributed by atoms with Crippen LogP contribution in [0.3, 0.4) is 0 Å². The van der Waals surface area contributed by atoms with Gasteiger partial charge < -0.3 is 16.6 Å². The number of hydrogen-bond acceptors (Lipinski definition) is 3. The van der Waals surface area contributed by atoms with Gasteiger partial charge in [-0.25, -0.2) is 0 Å². The smallest absolute Gasteiger partial charge is 0.0585 e. The van der Waals surface area contributed by atoms with E-state index in [0.717, 1.165) is 5.57 Å². The number of aliphatic hydroxyl groups is 1. The van der Waals surface area contributed by atoms with Crippen molar-refractivity contribution in [2.24, 2.45) is 11.5 Å². The molecule has 54 valence electrons. The molecule has 9 heavy (non-hydrogen) atoms. The number of rotatable bonds is 3. The van der Waals surface area contributed by atoms with E-state index in [0.29, 0.717) is 6.42 Å². The van der Waals surface area contributed by atoms with Crippen LogP contribution in [-0.4, -0.2) is 17.8 Å². The summed E-state index contributed by atoms with van der Waals surface area (Å²) in [4.78, 5) is 0. The van der Waals surface area contributed by atoms with Crippen molar-refractivity contribution in [3.05, 3.63) is 11.8 Å². The minimum atomic E-state index is -0.162. The molecular weight excluding hydrogens is 116 g/mol. The van der Waals surface area contributed by atoms with E-state index in [1.807, 2.05) is 6.92 Å². The molecule has 1 unspecified atom stereocenters. The lowest BCUT2D eigenvalue weighted by atomic mass is 10.1. The normalized spacial score (nSPS) is 15.7. The van der Waals surface area contributed by atoms with Crippen molar-refractivity contribution in [1.29, 1.82) is 0 Å². The summed E-state index contributed by atoms with van der Waals surface area (Å²) in [5, 5.41) is 8.49. The summed E-state index contributed by atoms with van der Waals surface area (Å²) in [6.45, 7) is 1.90. The van der Waals surface area contributed by atoms with E-state index in [-0.39, 0.29) is 12.6 Å². The van der Waals surface area contributed by atoms with Crippen LogP contribution in [0.25, 0.3) is 0 Å². The van der Waals surface area contributed by atoms with Gasteiger partial charge in [0, 0.05) is 6.04 Å². The molecule has 0 bridgehead atoms. The first kappa shape index (κ1) is 8.46. The van der Waals surface area contributed by atoms with E-state index in [1.165, 1.54) is 6.20 Å². The standard InChI is InChI=1S/C6H14N2O/c1-5(3-7)2-6(8)4-9/h3,6,9H,2,4,7-8H2,1H3/b5-3+. The van der Waals surface area contributed by atoms with Crippen LogP contribution in [0, 0.1) is 0 Å². The number of aliphatic hydroxyl groups excluding tert-OH is 1. The Kier molecular flexibility index (Phi) is 4.09. The summed E-state index contributed by atoms with van der Waals surface area (Å²) in [6, 6.07) is -0.162. The topological polar surface area (TPSA) is 72.3 Å². The average Bonchev–Trinajstić information content (AvgIpc) is 1.87. The van der Waals surface area contributed by atoms with Crippen molar-refractivity contribution in [3.8, 4) is 0 Å². The van der Waals surface area contributed by atoms with Crippen molar-refractivity contribution in [3.63, 3.8) is 0 Å². The lowest BCUT2D eigenvalue weighted by molar-refractivity contribution is 0.265. The minimum absolute atomic E-state index is 0.0190. The summed E-state index contributed by atoms with van der Waals surface area (Å²) in [5.41, 5.74) is 11.6. The molecule has 0 aliphatic heterocycles. The van der Waals surface area contributed by atoms with Gasteiger partial charge in [0.1, 0.15) is 0 Å². The Morgan fingerprint density at radius 3 is 2.67 bits per heavy atom. The first-order chi connectivity index (χ1) is 4.20. The fourth-order valence-corrected chi connectivity index (χ4v) is 0.546. The molecule has 0 aromatic rings. The van der Waals surface area contributed by atoms with Gasteiger partial charge in [-0.2, -0.15) is 0 Å². The van der Waals surface area contributed by atoms with Crippen molar-refractivity contribution in [1.82, 2.24) is 0 Å². The minimum Gasteiger partial charge on any atom is -0.405 e. The third-order valence-corrected chi connectivity index (χ3v) is 1.10. The maximum Gasteiger partial charge on any atom is 0.0585 e. The molecular formula is C6H14N2O. The third kappa shape index (κ3) is 4.00. The molecule has 0 aliphatic rings. The molecule has 5 N–H and O–H groups in total. The fourth-order valence-electron chi connectivity index (χ4n) is 0.546. The zero-order chi connectivity index (χ0) is 7.28. The predicted octanol–water partition coefficient (Wildman–Crippen LogP) is -0.441. The van der Waals surface area contributed by atoms with Crippen molar-refractivity contribution in [2.75, 3.05) is 6.61 Å². The molecule has 1 atom stereocenters. The zero-order valence-corrected chi connectivity index (χ0v) is 5.67. The van der Waals surface area contributed by atoms with Crippen LogP contribution in [0.2, 0.25) is 0 Å². The maximum atomic E-state index is 8.49. The summed E-state index contributed by atoms with van der Waals surface area (Å²) in [6.07, 6.45) is 2.18. The SMILES string of the molecule is C/C(=C\N)CC(N)CO. The zero-order valence-electron chi connectivity index (χ0n) is 5.67. The number of nitrogens with two attached hydrogens (primary N) is 2. The molecule has 0 amide bonds. The highest BCUT2D eigenvalue weighted by atomic mass is 16.3. The molecule has 0 aliphatic carbocycles. The second-order valence-electron chi connectivity index (χ2n) is 2.16. The summed E-state index contributed by atoms with van der Waals surface area (Å²) in [7, 11) is 0. The Morgan fingerprint density at radius 1 is 1.78 bits per heavy atom. The second kappa shape index (κ2) is 4.35. The number of hydrogen-bond donors (Lipinski definition) is 3. The van der Waals surface area contributed by atoms with Crippen LogP contribution < -0.4 is 11.5 Å². The van der Waals surface area contributed by atoms with E-state index < -0.39 is 0 Å². The van der Waals surface area contributed by atoms with E-state index in [1.54, 1.807) is 0 Å². The molecule has 3 nitrogen and oxygen atoms in total. The van der Waals surface area contributed by atoms with Gasteiger partial charge in [-0.15, -0.1) is 0 Å². The van der Waals surface area contributed by atoms with E-state index in [9.17, 15) is 0 Å². The Labute approximate surface area is 55.3 Å². The Bertz CT molecular complexity index is 101. The Balaban J connectivity index is 3.47. The predicted molar refractivity (Wildman–Crippen MR) is 37.6 cm³/mol. The van der Waals surface area contributed by atoms with E-state index >= 15 is 0 Å². The summed E-state index contributed by atoms with van der Waals surface area (Å²) >= 11 is 0. The van der Waals surface area contributed by atoms with E-state index in [2.05, 4.69) is 0 Å². The van der Waals surface area contributed by atoms with Crippen LogP contribution in [0.15, 0.2) is 11.8 Å². The third-order valence-electron chi connectivity index (χ3n) is 1.10. The van der Waals surface area contributed by atoms with Crippen LogP contribution >= 0.6 is 0 Å². The van der Waals surface area contributed by atoms with Crippen molar-refractivity contribution < 1.29 is 5.11 Å². The highest BCUT2D eigenvalue weighted by Gasteiger charge is 1.98. The molecule has 0 rings (SSSR count). The lowest BCUT2D eigenvalue weighted by Gasteiger charge is -2.06. The first-order valence-corrected chi connectivity index (χ1v) is 2.94. The van der Waals surface area contributed by atoms with Gasteiger partial charge in [0.25, 0.3) is 0 Å². The fraction of sp³-hybridized carbons (Fsp3) is 0.667. The highest BCUT2D eigenvalue weighted by Crippen LogP contribution is 1.99. The quantitative estimate of drug-likeness (QED) is 0.485. The molecule has 0 spiro atoms. The van der Waals surface area contributed by atoms with E-state index in [4.69, 9.17) is 16.6 Å². The van der Waals surface area contributed by atoms with Gasteiger partial charge in [-0.05, 0) is 19.5 Å². The molecule has 0 radical (unpaired) electrons. The Morgan fingerprint density at radius 2 is 2.33 bits per heavy atom. The van der Waals surface area contributed by atoms with Gasteiger partial charge in [0.15, 0.2) is 0 Å². The van der Waals surface area contributed by atoms with Crippen LogP contribution in [0.4, 0.5) is 0 Å². The molecule has 3 heteroatoms. The van der Waals surface area contributed by atoms with Gasteiger partial charge in [-0.3, -0.25) is 0 Å². The molecule has 0 fully saturated rings. The first-order valence-electron chi connectivity index (χ1n) is 2.94. The van der Waals surface area contributed by atoms with Crippen LogP contribution in [-0.2, 0) is 0 Å². The molecule has 0 aromatic carbocycles. The molecule has 0 saturated carbocycles. The second-order valence-corrected chi connectivity index (χ2v) is 2.16. The van der Waals surface area contributed by atoms with Crippen molar-refractivity contribution >= 4 is 0 Å². The van der Waals surface area contributed by atoms with Gasteiger partial charge >= 0.3 is 0 Å². The van der Waals surface area contributed by atoms with Gasteiger partial charge in [0.2, 0.25) is 0 Å². The Hall–Kier alpha value is -0.540. The molecule has 0 heterocycles. The highest BCUT2D eigenvalue weighted by molar-refractivity contribution is 4.97. The average molecular weight is 130 g/mol. The molecule has 0 aromatic heterocycles. The largest absolute Gasteiger partial charge is 0.405 e. The summed E-state index contributed by atoms with van der Waals surface area (Å²) in [5.74, 6) is 0. The molecule has 0 saturated heterocycles.